The molecule has 0 bridgehead atoms. The molecule has 1 saturated carbocycles. The molecule has 0 aliphatic heterocycles. The van der Waals surface area contributed by atoms with Crippen LogP contribution >= 0.6 is 0 Å². The zero-order valence-corrected chi connectivity index (χ0v) is 9.22. The van der Waals surface area contributed by atoms with Gasteiger partial charge in [-0.25, -0.2) is 4.79 Å². The van der Waals surface area contributed by atoms with E-state index in [1.165, 1.54) is 0 Å². The summed E-state index contributed by atoms with van der Waals surface area (Å²) in [5, 5.41) is 0. The van der Waals surface area contributed by atoms with Crippen LogP contribution in [-0.4, -0.2) is 0 Å². The minimum Gasteiger partial charge on any atom is -0.428 e. The molecule has 1 fully saturated rings. The summed E-state index contributed by atoms with van der Waals surface area (Å²) in [6.07, 6.45) is 0.156. The van der Waals surface area contributed by atoms with E-state index in [-0.39, 0.29) is 11.7 Å². The van der Waals surface area contributed by atoms with Gasteiger partial charge >= 0.3 is 11.8 Å². The molecule has 94 valence electrons. The van der Waals surface area contributed by atoms with Gasteiger partial charge in [-0.2, -0.15) is 13.2 Å². The molecule has 0 spiro atoms. The van der Waals surface area contributed by atoms with Crippen molar-refractivity contribution in [2.75, 3.05) is 0 Å². The number of hydrogen-bond donors (Lipinski definition) is 0. The van der Waals surface area contributed by atoms with Crippen molar-refractivity contribution in [3.63, 3.8) is 0 Å². The van der Waals surface area contributed by atoms with Gasteiger partial charge in [0.1, 0.15) is 5.76 Å². The van der Waals surface area contributed by atoms with Crippen molar-refractivity contribution in [1.82, 2.24) is 0 Å². The van der Waals surface area contributed by atoms with Gasteiger partial charge in [-0.1, -0.05) is 19.3 Å². The largest absolute Gasteiger partial charge is 0.428 e. The smallest absolute Gasteiger partial charge is 0.416 e. The van der Waals surface area contributed by atoms with E-state index in [1.807, 2.05) is 0 Å². The summed E-state index contributed by atoms with van der Waals surface area (Å²) >= 11 is 0. The van der Waals surface area contributed by atoms with Crippen LogP contribution in [0.1, 0.15) is 49.3 Å². The van der Waals surface area contributed by atoms with Crippen LogP contribution in [0.5, 0.6) is 0 Å². The summed E-state index contributed by atoms with van der Waals surface area (Å²) in [6, 6.07) is 1.48. The minimum absolute atomic E-state index is 0.0428. The van der Waals surface area contributed by atoms with Crippen molar-refractivity contribution in [2.24, 2.45) is 0 Å². The maximum absolute atomic E-state index is 12.5. The highest BCUT2D eigenvalue weighted by atomic mass is 19.4. The zero-order valence-electron chi connectivity index (χ0n) is 9.22. The summed E-state index contributed by atoms with van der Waals surface area (Å²) in [6.45, 7) is 0. The first-order chi connectivity index (χ1) is 7.97. The predicted molar refractivity (Wildman–Crippen MR) is 55.8 cm³/mol. The molecule has 0 radical (unpaired) electrons. The number of hydrogen-bond acceptors (Lipinski definition) is 2. The lowest BCUT2D eigenvalue weighted by Crippen LogP contribution is -2.14. The fraction of sp³-hybridized carbons (Fsp3) is 0.583. The molecule has 0 N–H and O–H groups in total. The van der Waals surface area contributed by atoms with Crippen LogP contribution in [0, 0.1) is 0 Å². The fourth-order valence-electron chi connectivity index (χ4n) is 2.25. The molecule has 2 rings (SSSR count). The first-order valence-electron chi connectivity index (χ1n) is 5.69. The Morgan fingerprint density at radius 1 is 1.12 bits per heavy atom. The first-order valence-corrected chi connectivity index (χ1v) is 5.69. The SMILES string of the molecule is O=c1cc(C(F)(F)F)cc(C2CCCCC2)o1. The van der Waals surface area contributed by atoms with E-state index in [0.29, 0.717) is 6.07 Å². The van der Waals surface area contributed by atoms with Crippen LogP contribution in [0.4, 0.5) is 13.2 Å². The Labute approximate surface area is 96.4 Å². The lowest BCUT2D eigenvalue weighted by atomic mass is 9.87. The molecular formula is C12H13F3O2. The summed E-state index contributed by atoms with van der Waals surface area (Å²) < 4.78 is 42.5. The van der Waals surface area contributed by atoms with Crippen molar-refractivity contribution in [3.05, 3.63) is 33.9 Å². The maximum Gasteiger partial charge on any atom is 0.416 e. The van der Waals surface area contributed by atoms with Gasteiger partial charge in [0.15, 0.2) is 0 Å². The molecule has 1 aromatic rings. The van der Waals surface area contributed by atoms with Gasteiger partial charge in [-0.05, 0) is 18.9 Å². The molecule has 5 heteroatoms. The van der Waals surface area contributed by atoms with Gasteiger partial charge in [-0.15, -0.1) is 0 Å². The highest BCUT2D eigenvalue weighted by Gasteiger charge is 2.32. The van der Waals surface area contributed by atoms with Crippen molar-refractivity contribution in [2.45, 2.75) is 44.2 Å². The summed E-state index contributed by atoms with van der Waals surface area (Å²) in [5.41, 5.74) is -1.82. The molecule has 0 aromatic carbocycles. The Balaban J connectivity index is 2.34. The zero-order chi connectivity index (χ0) is 12.5. The van der Waals surface area contributed by atoms with E-state index in [2.05, 4.69) is 0 Å². The Hall–Kier alpha value is -1.26. The molecule has 0 saturated heterocycles. The third kappa shape index (κ3) is 2.90. The van der Waals surface area contributed by atoms with Crippen LogP contribution in [-0.2, 0) is 6.18 Å². The molecule has 17 heavy (non-hydrogen) atoms. The van der Waals surface area contributed by atoms with Crippen LogP contribution in [0.25, 0.3) is 0 Å². The number of rotatable bonds is 1. The Morgan fingerprint density at radius 2 is 1.76 bits per heavy atom. The average molecular weight is 246 g/mol. The number of halogens is 3. The molecule has 1 aliphatic carbocycles. The summed E-state index contributed by atoms with van der Waals surface area (Å²) in [4.78, 5) is 11.1. The first kappa shape index (κ1) is 12.2. The van der Waals surface area contributed by atoms with Crippen molar-refractivity contribution < 1.29 is 17.6 Å². The van der Waals surface area contributed by atoms with E-state index in [1.54, 1.807) is 0 Å². The van der Waals surface area contributed by atoms with Crippen LogP contribution < -0.4 is 5.63 Å². The quantitative estimate of drug-likeness (QED) is 0.756. The minimum atomic E-state index is -4.49. The molecule has 0 atom stereocenters. The highest BCUT2D eigenvalue weighted by Crippen LogP contribution is 2.35. The van der Waals surface area contributed by atoms with Crippen LogP contribution in [0.3, 0.4) is 0 Å². The van der Waals surface area contributed by atoms with Gasteiger partial charge < -0.3 is 4.42 Å². The lowest BCUT2D eigenvalue weighted by Gasteiger charge is -2.20. The van der Waals surface area contributed by atoms with E-state index in [4.69, 9.17) is 4.42 Å². The molecule has 1 heterocycles. The topological polar surface area (TPSA) is 30.2 Å². The van der Waals surface area contributed by atoms with Crippen LogP contribution in [0.15, 0.2) is 21.3 Å². The van der Waals surface area contributed by atoms with Crippen molar-refractivity contribution >= 4 is 0 Å². The molecule has 2 nitrogen and oxygen atoms in total. The molecule has 1 aromatic heterocycles. The van der Waals surface area contributed by atoms with Crippen LogP contribution in [0.2, 0.25) is 0 Å². The Morgan fingerprint density at radius 3 is 2.35 bits per heavy atom. The second-order valence-electron chi connectivity index (χ2n) is 4.40. The molecule has 0 unspecified atom stereocenters. The van der Waals surface area contributed by atoms with Gasteiger partial charge in [0, 0.05) is 12.0 Å². The molecule has 0 amide bonds. The highest BCUT2D eigenvalue weighted by molar-refractivity contribution is 5.19. The maximum atomic E-state index is 12.5. The third-order valence-corrected chi connectivity index (χ3v) is 3.12. The summed E-state index contributed by atoms with van der Waals surface area (Å²) in [5.74, 6) is 0.142. The summed E-state index contributed by atoms with van der Waals surface area (Å²) in [7, 11) is 0. The monoisotopic (exact) mass is 246 g/mol. The molecule has 1 aliphatic rings. The van der Waals surface area contributed by atoms with Crippen molar-refractivity contribution in [3.8, 4) is 0 Å². The van der Waals surface area contributed by atoms with E-state index >= 15 is 0 Å². The second kappa shape index (κ2) is 4.55. The van der Waals surface area contributed by atoms with E-state index in [0.717, 1.165) is 38.2 Å². The lowest BCUT2D eigenvalue weighted by molar-refractivity contribution is -0.138. The predicted octanol–water partition coefficient (Wildman–Crippen LogP) is 3.71. The fourth-order valence-corrected chi connectivity index (χ4v) is 2.25. The average Bonchev–Trinajstić information content (AvgIpc) is 2.28. The van der Waals surface area contributed by atoms with E-state index in [9.17, 15) is 18.0 Å². The third-order valence-electron chi connectivity index (χ3n) is 3.12. The second-order valence-corrected chi connectivity index (χ2v) is 4.40. The standard InChI is InChI=1S/C12H13F3O2/c13-12(14,15)9-6-10(17-11(16)7-9)8-4-2-1-3-5-8/h6-8H,1-5H2. The normalized spacial score (nSPS) is 18.3. The van der Waals surface area contributed by atoms with Gasteiger partial charge in [0.25, 0.3) is 0 Å². The Bertz CT molecular complexity index is 442. The van der Waals surface area contributed by atoms with E-state index < -0.39 is 17.4 Å². The van der Waals surface area contributed by atoms with Gasteiger partial charge in [0.2, 0.25) is 0 Å². The van der Waals surface area contributed by atoms with Gasteiger partial charge in [0.05, 0.1) is 5.56 Å². The molecular weight excluding hydrogens is 233 g/mol. The van der Waals surface area contributed by atoms with Crippen molar-refractivity contribution in [1.29, 1.82) is 0 Å². The van der Waals surface area contributed by atoms with Gasteiger partial charge in [-0.3, -0.25) is 0 Å². The Kier molecular flexibility index (Phi) is 3.26. The number of alkyl halides is 3.